The summed E-state index contributed by atoms with van der Waals surface area (Å²) in [4.78, 5) is 26.5. The van der Waals surface area contributed by atoms with Gasteiger partial charge in [0, 0.05) is 19.6 Å². The minimum absolute atomic E-state index is 0.0246. The molecule has 1 aliphatic heterocycles. The molecule has 3 rings (SSSR count). The number of sulfonamides is 1. The number of nitrogens with zero attached hydrogens (tertiary/aromatic N) is 2. The topological polar surface area (TPSA) is 86.8 Å². The molecule has 0 bridgehead atoms. The monoisotopic (exact) mass is 499 g/mol. The van der Waals surface area contributed by atoms with Gasteiger partial charge in [0.15, 0.2) is 0 Å². The molecule has 0 saturated carbocycles. The molecule has 0 aromatic heterocycles. The fraction of sp³-hybridized carbons (Fsp3) is 0.364. The van der Waals surface area contributed by atoms with E-state index in [1.54, 1.807) is 6.92 Å². The second-order valence-corrected chi connectivity index (χ2v) is 9.92. The first-order valence-corrected chi connectivity index (χ1v) is 12.3. The summed E-state index contributed by atoms with van der Waals surface area (Å²) >= 11 is 6.18. The molecule has 1 aliphatic rings. The highest BCUT2D eigenvalue weighted by Crippen LogP contribution is 2.26. The molecular formula is C22H24ClF2N3O4S. The van der Waals surface area contributed by atoms with Gasteiger partial charge in [-0.2, -0.15) is 4.31 Å². The number of anilines is 1. The first-order valence-electron chi connectivity index (χ1n) is 10.5. The van der Waals surface area contributed by atoms with E-state index in [4.69, 9.17) is 11.6 Å². The second kappa shape index (κ2) is 10.6. The lowest BCUT2D eigenvalue weighted by atomic mass is 10.2. The van der Waals surface area contributed by atoms with Crippen LogP contribution in [0.3, 0.4) is 0 Å². The second-order valence-electron chi connectivity index (χ2n) is 7.57. The maximum Gasteiger partial charge on any atom is 0.255 e. The van der Waals surface area contributed by atoms with Crippen molar-refractivity contribution < 1.29 is 26.8 Å². The van der Waals surface area contributed by atoms with Gasteiger partial charge in [-0.1, -0.05) is 24.1 Å². The summed E-state index contributed by atoms with van der Waals surface area (Å²) in [6, 6.07) is 7.02. The zero-order chi connectivity index (χ0) is 24.2. The maximum atomic E-state index is 13.8. The van der Waals surface area contributed by atoms with Gasteiger partial charge < -0.3 is 10.2 Å². The number of benzene rings is 2. The molecule has 0 unspecified atom stereocenters. The molecular weight excluding hydrogens is 476 g/mol. The number of hydrogen-bond acceptors (Lipinski definition) is 4. The van der Waals surface area contributed by atoms with Crippen LogP contribution >= 0.6 is 11.6 Å². The minimum Gasteiger partial charge on any atom is -0.330 e. The van der Waals surface area contributed by atoms with E-state index in [1.807, 2.05) is 0 Å². The number of amides is 2. The van der Waals surface area contributed by atoms with Gasteiger partial charge in [0.2, 0.25) is 15.9 Å². The van der Waals surface area contributed by atoms with Crippen LogP contribution < -0.4 is 5.32 Å². The van der Waals surface area contributed by atoms with E-state index in [9.17, 15) is 26.8 Å². The molecule has 1 N–H and O–H groups in total. The highest BCUT2D eigenvalue weighted by Gasteiger charge is 2.28. The molecule has 2 aromatic carbocycles. The third-order valence-corrected chi connectivity index (χ3v) is 7.58. The van der Waals surface area contributed by atoms with E-state index in [0.717, 1.165) is 42.4 Å². The standard InChI is InChI=1S/C22H24ClF2N3O4S/c1-2-27(14-20(29)26-21-18(24)7-6-8-19(21)25)22(30)16-13-15(9-10-17(16)23)33(31,32)28-11-4-3-5-12-28/h6-10,13H,2-5,11-12,14H2,1H3,(H,26,29). The smallest absolute Gasteiger partial charge is 0.255 e. The third-order valence-electron chi connectivity index (χ3n) is 5.35. The van der Waals surface area contributed by atoms with Crippen LogP contribution in [-0.4, -0.2) is 55.6 Å². The van der Waals surface area contributed by atoms with Crippen LogP contribution in [0.4, 0.5) is 14.5 Å². The Hall–Kier alpha value is -2.56. The quantitative estimate of drug-likeness (QED) is 0.626. The highest BCUT2D eigenvalue weighted by molar-refractivity contribution is 7.89. The van der Waals surface area contributed by atoms with Crippen molar-refractivity contribution in [1.29, 1.82) is 0 Å². The van der Waals surface area contributed by atoms with E-state index in [1.165, 1.54) is 22.5 Å². The molecule has 7 nitrogen and oxygen atoms in total. The Labute approximate surface area is 196 Å². The fourth-order valence-electron chi connectivity index (χ4n) is 3.55. The van der Waals surface area contributed by atoms with Crippen LogP contribution in [0.5, 0.6) is 0 Å². The molecule has 2 amide bonds. The third kappa shape index (κ3) is 5.69. The summed E-state index contributed by atoms with van der Waals surface area (Å²) < 4.78 is 54.9. The van der Waals surface area contributed by atoms with Gasteiger partial charge in [-0.05, 0) is 50.1 Å². The van der Waals surface area contributed by atoms with E-state index in [-0.39, 0.29) is 22.0 Å². The molecule has 1 heterocycles. The van der Waals surface area contributed by atoms with Gasteiger partial charge in [0.25, 0.3) is 5.91 Å². The van der Waals surface area contributed by atoms with Crippen molar-refractivity contribution in [3.63, 3.8) is 0 Å². The fourth-order valence-corrected chi connectivity index (χ4v) is 5.29. The number of carbonyl (C=O) groups excluding carboxylic acids is 2. The van der Waals surface area contributed by atoms with Crippen LogP contribution in [0.2, 0.25) is 5.02 Å². The van der Waals surface area contributed by atoms with E-state index >= 15 is 0 Å². The largest absolute Gasteiger partial charge is 0.330 e. The number of hydrogen-bond donors (Lipinski definition) is 1. The number of likely N-dealkylation sites (N-methyl/N-ethyl adjacent to an activating group) is 1. The van der Waals surface area contributed by atoms with Crippen molar-refractivity contribution in [2.45, 2.75) is 31.1 Å². The molecule has 1 fully saturated rings. The lowest BCUT2D eigenvalue weighted by molar-refractivity contribution is -0.116. The molecule has 178 valence electrons. The van der Waals surface area contributed by atoms with Gasteiger partial charge >= 0.3 is 0 Å². The Bertz CT molecular complexity index is 1130. The van der Waals surface area contributed by atoms with Gasteiger partial charge in [-0.15, -0.1) is 0 Å². The zero-order valence-corrected chi connectivity index (χ0v) is 19.6. The Morgan fingerprint density at radius 3 is 2.33 bits per heavy atom. The molecule has 1 saturated heterocycles. The number of piperidine rings is 1. The van der Waals surface area contributed by atoms with Gasteiger partial charge in [-0.25, -0.2) is 17.2 Å². The first kappa shape index (κ1) is 25.1. The van der Waals surface area contributed by atoms with E-state index < -0.39 is 45.7 Å². The average molecular weight is 500 g/mol. The number of halogens is 3. The van der Waals surface area contributed by atoms with Crippen molar-refractivity contribution in [1.82, 2.24) is 9.21 Å². The summed E-state index contributed by atoms with van der Waals surface area (Å²) in [5.74, 6) is -3.39. The lowest BCUT2D eigenvalue weighted by Gasteiger charge is -2.26. The molecule has 2 aromatic rings. The number of rotatable bonds is 7. The lowest BCUT2D eigenvalue weighted by Crippen LogP contribution is -2.38. The number of para-hydroxylation sites is 1. The molecule has 0 aliphatic carbocycles. The Balaban J connectivity index is 1.80. The summed E-state index contributed by atoms with van der Waals surface area (Å²) in [7, 11) is -3.80. The predicted molar refractivity (Wildman–Crippen MR) is 121 cm³/mol. The average Bonchev–Trinajstić information content (AvgIpc) is 2.80. The molecule has 0 spiro atoms. The van der Waals surface area contributed by atoms with E-state index in [0.29, 0.717) is 13.1 Å². The normalized spacial score (nSPS) is 14.7. The summed E-state index contributed by atoms with van der Waals surface area (Å²) in [5, 5.41) is 2.15. The van der Waals surface area contributed by atoms with Gasteiger partial charge in [0.05, 0.1) is 15.5 Å². The zero-order valence-electron chi connectivity index (χ0n) is 18.0. The molecule has 33 heavy (non-hydrogen) atoms. The molecule has 0 atom stereocenters. The predicted octanol–water partition coefficient (Wildman–Crippen LogP) is 3.89. The summed E-state index contributed by atoms with van der Waals surface area (Å²) in [6.45, 7) is 1.98. The van der Waals surface area contributed by atoms with Crippen LogP contribution in [-0.2, 0) is 14.8 Å². The first-order chi connectivity index (χ1) is 15.6. The highest BCUT2D eigenvalue weighted by atomic mass is 35.5. The number of carbonyl (C=O) groups is 2. The van der Waals surface area contributed by atoms with Crippen molar-refractivity contribution in [3.8, 4) is 0 Å². The van der Waals surface area contributed by atoms with Crippen molar-refractivity contribution in [2.75, 3.05) is 31.5 Å². The molecule has 11 heteroatoms. The number of nitrogens with one attached hydrogen (secondary N) is 1. The summed E-state index contributed by atoms with van der Waals surface area (Å²) in [5.41, 5.74) is -0.694. The van der Waals surface area contributed by atoms with Crippen molar-refractivity contribution >= 4 is 39.1 Å². The minimum atomic E-state index is -3.80. The van der Waals surface area contributed by atoms with Crippen LogP contribution in [0.1, 0.15) is 36.5 Å². The maximum absolute atomic E-state index is 13.8. The van der Waals surface area contributed by atoms with Crippen LogP contribution in [0.25, 0.3) is 0 Å². The van der Waals surface area contributed by atoms with E-state index in [2.05, 4.69) is 5.32 Å². The molecule has 0 radical (unpaired) electrons. The van der Waals surface area contributed by atoms with Gasteiger partial charge in [-0.3, -0.25) is 9.59 Å². The van der Waals surface area contributed by atoms with Crippen LogP contribution in [0, 0.1) is 11.6 Å². The Morgan fingerprint density at radius 1 is 1.09 bits per heavy atom. The van der Waals surface area contributed by atoms with Crippen molar-refractivity contribution in [2.24, 2.45) is 0 Å². The SMILES string of the molecule is CCN(CC(=O)Nc1c(F)cccc1F)C(=O)c1cc(S(=O)(=O)N2CCCCC2)ccc1Cl. The van der Waals surface area contributed by atoms with Gasteiger partial charge in [0.1, 0.15) is 23.9 Å². The van der Waals surface area contributed by atoms with Crippen LogP contribution in [0.15, 0.2) is 41.3 Å². The Morgan fingerprint density at radius 2 is 1.73 bits per heavy atom. The van der Waals surface area contributed by atoms with Crippen molar-refractivity contribution in [3.05, 3.63) is 58.6 Å². The Kier molecular flexibility index (Phi) is 8.04. The summed E-state index contributed by atoms with van der Waals surface area (Å²) in [6.07, 6.45) is 2.49.